The Balaban J connectivity index is 2.15. The van der Waals surface area contributed by atoms with Crippen LogP contribution >= 0.6 is 0 Å². The first-order valence-electron chi connectivity index (χ1n) is 7.08. The number of benzene rings is 2. The molecule has 2 nitrogen and oxygen atoms in total. The van der Waals surface area contributed by atoms with Crippen LogP contribution in [0.3, 0.4) is 0 Å². The molecule has 0 aliphatic rings. The van der Waals surface area contributed by atoms with Crippen LogP contribution in [0.4, 0.5) is 0 Å². The van der Waals surface area contributed by atoms with Gasteiger partial charge in [-0.2, -0.15) is 0 Å². The van der Waals surface area contributed by atoms with Gasteiger partial charge in [0, 0.05) is 19.0 Å². The van der Waals surface area contributed by atoms with Gasteiger partial charge < -0.3 is 4.90 Å². The van der Waals surface area contributed by atoms with E-state index in [1.165, 1.54) is 11.1 Å². The summed E-state index contributed by atoms with van der Waals surface area (Å²) < 4.78 is 0. The fraction of sp³-hybridized carbons (Fsp3) is 0.278. The van der Waals surface area contributed by atoms with E-state index in [4.69, 9.17) is 5.41 Å². The summed E-state index contributed by atoms with van der Waals surface area (Å²) in [5.74, 6) is 0.931. The largest absolute Gasteiger partial charge is 0.352 e. The number of amidine groups is 1. The van der Waals surface area contributed by atoms with Crippen LogP contribution in [0.1, 0.15) is 25.0 Å². The van der Waals surface area contributed by atoms with Crippen LogP contribution in [-0.4, -0.2) is 10.7 Å². The molecule has 0 spiro atoms. The molecule has 0 atom stereocenters. The second-order valence-electron chi connectivity index (χ2n) is 5.37. The lowest BCUT2D eigenvalue weighted by molar-refractivity contribution is 0.383. The highest BCUT2D eigenvalue weighted by atomic mass is 15.2. The normalized spacial score (nSPS) is 10.6. The highest BCUT2D eigenvalue weighted by molar-refractivity contribution is 5.81. The molecule has 0 amide bonds. The van der Waals surface area contributed by atoms with Crippen molar-refractivity contribution in [3.8, 4) is 0 Å². The zero-order valence-corrected chi connectivity index (χ0v) is 12.2. The summed E-state index contributed by atoms with van der Waals surface area (Å²) >= 11 is 0. The van der Waals surface area contributed by atoms with Gasteiger partial charge >= 0.3 is 0 Å². The van der Waals surface area contributed by atoms with E-state index in [-0.39, 0.29) is 5.92 Å². The van der Waals surface area contributed by atoms with E-state index in [1.54, 1.807) is 0 Å². The summed E-state index contributed by atoms with van der Waals surface area (Å²) in [5.41, 5.74) is 2.49. The van der Waals surface area contributed by atoms with Gasteiger partial charge in [-0.3, -0.25) is 5.41 Å². The van der Waals surface area contributed by atoms with E-state index < -0.39 is 0 Å². The van der Waals surface area contributed by atoms with Crippen molar-refractivity contribution in [1.82, 2.24) is 4.90 Å². The lowest BCUT2D eigenvalue weighted by Crippen LogP contribution is -2.32. The van der Waals surface area contributed by atoms with Crippen LogP contribution < -0.4 is 0 Å². The maximum absolute atomic E-state index is 8.33. The minimum atomic E-state index is 0.238. The van der Waals surface area contributed by atoms with Gasteiger partial charge in [-0.1, -0.05) is 74.5 Å². The van der Waals surface area contributed by atoms with Gasteiger partial charge in [0.2, 0.25) is 0 Å². The maximum atomic E-state index is 8.33. The molecular weight excluding hydrogens is 244 g/mol. The summed E-state index contributed by atoms with van der Waals surface area (Å²) in [7, 11) is 0. The van der Waals surface area contributed by atoms with E-state index in [2.05, 4.69) is 67.3 Å². The Labute approximate surface area is 121 Å². The minimum Gasteiger partial charge on any atom is -0.352 e. The Kier molecular flexibility index (Phi) is 4.94. The maximum Gasteiger partial charge on any atom is 0.0989 e. The fourth-order valence-electron chi connectivity index (χ4n) is 2.20. The van der Waals surface area contributed by atoms with Crippen molar-refractivity contribution in [2.24, 2.45) is 5.92 Å². The van der Waals surface area contributed by atoms with Gasteiger partial charge in [0.25, 0.3) is 0 Å². The molecule has 104 valence electrons. The van der Waals surface area contributed by atoms with Crippen molar-refractivity contribution in [2.45, 2.75) is 26.9 Å². The van der Waals surface area contributed by atoms with Gasteiger partial charge in [-0.05, 0) is 11.1 Å². The van der Waals surface area contributed by atoms with Gasteiger partial charge in [0.05, 0.1) is 5.84 Å². The SMILES string of the molecule is CC(C)C(=N)N(Cc1ccccc1)Cc1ccccc1. The molecule has 0 aliphatic heterocycles. The number of hydrogen-bond donors (Lipinski definition) is 1. The Morgan fingerprint density at radius 3 is 1.60 bits per heavy atom. The lowest BCUT2D eigenvalue weighted by atomic mass is 10.1. The van der Waals surface area contributed by atoms with Crippen molar-refractivity contribution in [1.29, 1.82) is 5.41 Å². The van der Waals surface area contributed by atoms with E-state index in [1.807, 2.05) is 12.1 Å². The summed E-state index contributed by atoms with van der Waals surface area (Å²) in [4.78, 5) is 2.15. The quantitative estimate of drug-likeness (QED) is 0.633. The second kappa shape index (κ2) is 6.90. The molecule has 0 aromatic heterocycles. The zero-order valence-electron chi connectivity index (χ0n) is 12.2. The van der Waals surface area contributed by atoms with Crippen LogP contribution in [0.25, 0.3) is 0 Å². The van der Waals surface area contributed by atoms with E-state index in [9.17, 15) is 0 Å². The molecule has 0 bridgehead atoms. The lowest BCUT2D eigenvalue weighted by Gasteiger charge is -2.27. The molecule has 0 saturated heterocycles. The third-order valence-electron chi connectivity index (χ3n) is 3.32. The van der Waals surface area contributed by atoms with Crippen molar-refractivity contribution in [3.05, 3.63) is 71.8 Å². The molecule has 0 saturated carbocycles. The molecule has 0 aliphatic carbocycles. The Morgan fingerprint density at radius 1 is 0.850 bits per heavy atom. The highest BCUT2D eigenvalue weighted by Gasteiger charge is 2.14. The highest BCUT2D eigenvalue weighted by Crippen LogP contribution is 2.13. The molecule has 2 aromatic rings. The van der Waals surface area contributed by atoms with Gasteiger partial charge in [0.1, 0.15) is 0 Å². The van der Waals surface area contributed by atoms with E-state index >= 15 is 0 Å². The van der Waals surface area contributed by atoms with Gasteiger partial charge in [-0.15, -0.1) is 0 Å². The van der Waals surface area contributed by atoms with Crippen LogP contribution in [-0.2, 0) is 13.1 Å². The van der Waals surface area contributed by atoms with Crippen LogP contribution in [0.2, 0.25) is 0 Å². The zero-order chi connectivity index (χ0) is 14.4. The molecule has 2 aromatic carbocycles. The molecule has 0 unspecified atom stereocenters. The van der Waals surface area contributed by atoms with Crippen molar-refractivity contribution >= 4 is 5.84 Å². The minimum absolute atomic E-state index is 0.238. The molecule has 0 fully saturated rings. The molecule has 20 heavy (non-hydrogen) atoms. The van der Waals surface area contributed by atoms with Crippen LogP contribution in [0.15, 0.2) is 60.7 Å². The third kappa shape index (κ3) is 3.95. The van der Waals surface area contributed by atoms with E-state index in [0.29, 0.717) is 5.84 Å². The number of hydrogen-bond acceptors (Lipinski definition) is 1. The summed E-state index contributed by atoms with van der Waals surface area (Å²) in [6.07, 6.45) is 0. The Bertz CT molecular complexity index is 490. The van der Waals surface area contributed by atoms with Gasteiger partial charge in [0.15, 0.2) is 0 Å². The predicted molar refractivity (Wildman–Crippen MR) is 84.7 cm³/mol. The average Bonchev–Trinajstić information content (AvgIpc) is 2.48. The van der Waals surface area contributed by atoms with Crippen molar-refractivity contribution in [3.63, 3.8) is 0 Å². The van der Waals surface area contributed by atoms with Crippen molar-refractivity contribution in [2.75, 3.05) is 0 Å². The first kappa shape index (κ1) is 14.3. The number of nitrogens with one attached hydrogen (secondary N) is 1. The van der Waals surface area contributed by atoms with E-state index in [0.717, 1.165) is 13.1 Å². The van der Waals surface area contributed by atoms with Gasteiger partial charge in [-0.25, -0.2) is 0 Å². The van der Waals surface area contributed by atoms with Crippen LogP contribution in [0, 0.1) is 11.3 Å². The summed E-state index contributed by atoms with van der Waals surface area (Å²) in [5, 5.41) is 8.33. The van der Waals surface area contributed by atoms with Crippen LogP contribution in [0.5, 0.6) is 0 Å². The number of nitrogens with zero attached hydrogens (tertiary/aromatic N) is 1. The fourth-order valence-corrected chi connectivity index (χ4v) is 2.20. The predicted octanol–water partition coefficient (Wildman–Crippen LogP) is 4.32. The third-order valence-corrected chi connectivity index (χ3v) is 3.32. The molecule has 0 radical (unpaired) electrons. The Hall–Kier alpha value is -2.09. The molecule has 1 N–H and O–H groups in total. The van der Waals surface area contributed by atoms with Crippen molar-refractivity contribution < 1.29 is 0 Å². The first-order chi connectivity index (χ1) is 9.66. The molecule has 0 heterocycles. The average molecular weight is 266 g/mol. The monoisotopic (exact) mass is 266 g/mol. The number of rotatable bonds is 5. The smallest absolute Gasteiger partial charge is 0.0989 e. The Morgan fingerprint density at radius 2 is 1.25 bits per heavy atom. The first-order valence-corrected chi connectivity index (χ1v) is 7.08. The molecule has 2 rings (SSSR count). The topological polar surface area (TPSA) is 27.1 Å². The molecular formula is C18H22N2. The summed E-state index contributed by atoms with van der Waals surface area (Å²) in [6.45, 7) is 5.72. The molecule has 2 heteroatoms. The second-order valence-corrected chi connectivity index (χ2v) is 5.37. The standard InChI is InChI=1S/C18H22N2/c1-15(2)18(19)20(13-16-9-5-3-6-10-16)14-17-11-7-4-8-12-17/h3-12,15,19H,13-14H2,1-2H3. The summed E-state index contributed by atoms with van der Waals surface area (Å²) in [6, 6.07) is 20.7.